The number of rotatable bonds is 1. The van der Waals surface area contributed by atoms with Crippen molar-refractivity contribution in [3.63, 3.8) is 0 Å². The Hall–Kier alpha value is -0.320. The highest BCUT2D eigenvalue weighted by Gasteiger charge is 2.31. The molecule has 0 heterocycles. The SMILES string of the molecule is CN(C)C(=O)[C@H]1CC[C@@H](O)[C@H](N)C1.Cl. The first-order valence-corrected chi connectivity index (χ1v) is 4.67. The minimum atomic E-state index is -0.425. The van der Waals surface area contributed by atoms with Gasteiger partial charge in [0.15, 0.2) is 0 Å². The van der Waals surface area contributed by atoms with Crippen molar-refractivity contribution in [2.75, 3.05) is 14.1 Å². The van der Waals surface area contributed by atoms with Crippen molar-refractivity contribution in [3.05, 3.63) is 0 Å². The van der Waals surface area contributed by atoms with Gasteiger partial charge in [-0.15, -0.1) is 12.4 Å². The van der Waals surface area contributed by atoms with Crippen LogP contribution in [0.1, 0.15) is 19.3 Å². The Morgan fingerprint density at radius 2 is 2.00 bits per heavy atom. The van der Waals surface area contributed by atoms with Gasteiger partial charge in [-0.1, -0.05) is 0 Å². The third-order valence-corrected chi connectivity index (χ3v) is 2.65. The Kier molecular flexibility index (Phi) is 5.41. The zero-order valence-corrected chi connectivity index (χ0v) is 9.46. The molecule has 0 aromatic carbocycles. The van der Waals surface area contributed by atoms with Gasteiger partial charge in [0.2, 0.25) is 5.91 Å². The smallest absolute Gasteiger partial charge is 0.225 e. The maximum absolute atomic E-state index is 11.5. The maximum Gasteiger partial charge on any atom is 0.225 e. The summed E-state index contributed by atoms with van der Waals surface area (Å²) in [6.07, 6.45) is 1.58. The van der Waals surface area contributed by atoms with E-state index >= 15 is 0 Å². The Morgan fingerprint density at radius 3 is 2.43 bits per heavy atom. The Balaban J connectivity index is 0.00000169. The molecule has 0 aromatic heterocycles. The van der Waals surface area contributed by atoms with Gasteiger partial charge in [0.1, 0.15) is 0 Å². The standard InChI is InChI=1S/C9H18N2O2.ClH/c1-11(2)9(13)6-3-4-8(12)7(10)5-6;/h6-8,12H,3-5,10H2,1-2H3;1H/t6-,7+,8+;/m0./s1. The summed E-state index contributed by atoms with van der Waals surface area (Å²) in [5.41, 5.74) is 5.69. The summed E-state index contributed by atoms with van der Waals surface area (Å²) in [6, 6.07) is -0.234. The third-order valence-electron chi connectivity index (χ3n) is 2.65. The molecule has 0 aliphatic heterocycles. The minimum absolute atomic E-state index is 0. The maximum atomic E-state index is 11.5. The number of nitrogens with zero attached hydrogens (tertiary/aromatic N) is 1. The molecule has 0 aromatic rings. The lowest BCUT2D eigenvalue weighted by Gasteiger charge is -2.31. The molecule has 0 unspecified atom stereocenters. The van der Waals surface area contributed by atoms with Gasteiger partial charge in [-0.25, -0.2) is 0 Å². The van der Waals surface area contributed by atoms with Gasteiger partial charge in [0.05, 0.1) is 6.10 Å². The molecule has 3 N–H and O–H groups in total. The highest BCUT2D eigenvalue weighted by molar-refractivity contribution is 5.85. The van der Waals surface area contributed by atoms with Crippen LogP contribution in [0.15, 0.2) is 0 Å². The monoisotopic (exact) mass is 222 g/mol. The Morgan fingerprint density at radius 1 is 1.43 bits per heavy atom. The summed E-state index contributed by atoms with van der Waals surface area (Å²) in [4.78, 5) is 13.1. The molecule has 3 atom stereocenters. The van der Waals surface area contributed by atoms with Crippen LogP contribution in [0.3, 0.4) is 0 Å². The van der Waals surface area contributed by atoms with E-state index in [2.05, 4.69) is 0 Å². The molecule has 0 bridgehead atoms. The number of amides is 1. The molecule has 14 heavy (non-hydrogen) atoms. The molecular formula is C9H19ClN2O2. The molecule has 4 nitrogen and oxygen atoms in total. The lowest BCUT2D eigenvalue weighted by molar-refractivity contribution is -0.134. The molecule has 0 saturated heterocycles. The van der Waals surface area contributed by atoms with E-state index in [4.69, 9.17) is 5.73 Å². The van der Waals surface area contributed by atoms with Crippen LogP contribution in [0.25, 0.3) is 0 Å². The first kappa shape index (κ1) is 13.7. The largest absolute Gasteiger partial charge is 0.392 e. The quantitative estimate of drug-likeness (QED) is 0.656. The number of hydrogen-bond acceptors (Lipinski definition) is 3. The number of carbonyl (C=O) groups is 1. The van der Waals surface area contributed by atoms with Crippen LogP contribution >= 0.6 is 12.4 Å². The van der Waals surface area contributed by atoms with Crippen molar-refractivity contribution < 1.29 is 9.90 Å². The van der Waals surface area contributed by atoms with E-state index in [1.54, 1.807) is 19.0 Å². The number of carbonyl (C=O) groups excluding carboxylic acids is 1. The predicted molar refractivity (Wildman–Crippen MR) is 57.3 cm³/mol. The van der Waals surface area contributed by atoms with Crippen molar-refractivity contribution in [1.29, 1.82) is 0 Å². The molecule has 0 radical (unpaired) electrons. The van der Waals surface area contributed by atoms with Crippen molar-refractivity contribution in [2.45, 2.75) is 31.4 Å². The van der Waals surface area contributed by atoms with Crippen LogP contribution in [0.4, 0.5) is 0 Å². The van der Waals surface area contributed by atoms with E-state index in [0.717, 1.165) is 6.42 Å². The number of aliphatic hydroxyl groups is 1. The lowest BCUT2D eigenvalue weighted by atomic mass is 9.83. The summed E-state index contributed by atoms with van der Waals surface area (Å²) in [5, 5.41) is 9.37. The fraction of sp³-hybridized carbons (Fsp3) is 0.889. The molecular weight excluding hydrogens is 204 g/mol. The second-order valence-corrected chi connectivity index (χ2v) is 3.97. The van der Waals surface area contributed by atoms with E-state index in [1.165, 1.54) is 0 Å². The zero-order chi connectivity index (χ0) is 10.0. The zero-order valence-electron chi connectivity index (χ0n) is 8.64. The molecule has 84 valence electrons. The summed E-state index contributed by atoms with van der Waals surface area (Å²) in [6.45, 7) is 0. The van der Waals surface area contributed by atoms with Crippen LogP contribution in [0.2, 0.25) is 0 Å². The van der Waals surface area contributed by atoms with E-state index in [9.17, 15) is 9.90 Å². The second-order valence-electron chi connectivity index (χ2n) is 3.97. The minimum Gasteiger partial charge on any atom is -0.392 e. The summed E-state index contributed by atoms with van der Waals surface area (Å²) in [5.74, 6) is 0.135. The molecule has 1 amide bonds. The fourth-order valence-electron chi connectivity index (χ4n) is 1.78. The van der Waals surface area contributed by atoms with Crippen molar-refractivity contribution >= 4 is 18.3 Å². The van der Waals surface area contributed by atoms with Crippen molar-refractivity contribution in [2.24, 2.45) is 11.7 Å². The van der Waals surface area contributed by atoms with Gasteiger partial charge in [0, 0.05) is 26.1 Å². The molecule has 1 saturated carbocycles. The van der Waals surface area contributed by atoms with Crippen LogP contribution in [0.5, 0.6) is 0 Å². The molecule has 5 heteroatoms. The number of aliphatic hydroxyl groups excluding tert-OH is 1. The number of halogens is 1. The molecule has 1 fully saturated rings. The number of hydrogen-bond donors (Lipinski definition) is 2. The molecule has 1 aliphatic rings. The average Bonchev–Trinajstić information content (AvgIpc) is 2.08. The van der Waals surface area contributed by atoms with Gasteiger partial charge >= 0.3 is 0 Å². The summed E-state index contributed by atoms with van der Waals surface area (Å²) in [7, 11) is 3.50. The van der Waals surface area contributed by atoms with Crippen molar-refractivity contribution in [3.8, 4) is 0 Å². The van der Waals surface area contributed by atoms with Gasteiger partial charge in [-0.05, 0) is 19.3 Å². The first-order valence-electron chi connectivity index (χ1n) is 4.67. The highest BCUT2D eigenvalue weighted by Crippen LogP contribution is 2.24. The van der Waals surface area contributed by atoms with Gasteiger partial charge in [-0.2, -0.15) is 0 Å². The van der Waals surface area contributed by atoms with E-state index in [0.29, 0.717) is 12.8 Å². The van der Waals surface area contributed by atoms with Gasteiger partial charge in [-0.3, -0.25) is 4.79 Å². The lowest BCUT2D eigenvalue weighted by Crippen LogP contribution is -2.44. The third kappa shape index (κ3) is 3.12. The van der Waals surface area contributed by atoms with Gasteiger partial charge < -0.3 is 15.7 Å². The van der Waals surface area contributed by atoms with Crippen LogP contribution in [-0.4, -0.2) is 42.2 Å². The molecule has 0 spiro atoms. The van der Waals surface area contributed by atoms with Crippen LogP contribution in [0, 0.1) is 5.92 Å². The summed E-state index contributed by atoms with van der Waals surface area (Å²) < 4.78 is 0. The highest BCUT2D eigenvalue weighted by atomic mass is 35.5. The Labute approximate surface area is 90.9 Å². The number of nitrogens with two attached hydrogens (primary N) is 1. The Bertz CT molecular complexity index is 199. The van der Waals surface area contributed by atoms with E-state index in [1.807, 2.05) is 0 Å². The van der Waals surface area contributed by atoms with E-state index < -0.39 is 6.10 Å². The molecule has 1 rings (SSSR count). The van der Waals surface area contributed by atoms with Crippen molar-refractivity contribution in [1.82, 2.24) is 4.90 Å². The van der Waals surface area contributed by atoms with Gasteiger partial charge in [0.25, 0.3) is 0 Å². The average molecular weight is 223 g/mol. The normalized spacial score (nSPS) is 31.9. The fourth-order valence-corrected chi connectivity index (χ4v) is 1.78. The van der Waals surface area contributed by atoms with E-state index in [-0.39, 0.29) is 30.3 Å². The van der Waals surface area contributed by atoms with Crippen LogP contribution in [-0.2, 0) is 4.79 Å². The summed E-state index contributed by atoms with van der Waals surface area (Å²) >= 11 is 0. The van der Waals surface area contributed by atoms with Crippen LogP contribution < -0.4 is 5.73 Å². The first-order chi connectivity index (χ1) is 6.02. The topological polar surface area (TPSA) is 66.6 Å². The predicted octanol–water partition coefficient (Wildman–Crippen LogP) is -0.0153. The second kappa shape index (κ2) is 5.53. The molecule has 1 aliphatic carbocycles.